The number of nitrogens with zero attached hydrogens (tertiary/aromatic N) is 2. The number of alkyl halides is 3. The molecule has 4 rings (SSSR count). The van der Waals surface area contributed by atoms with E-state index in [2.05, 4.69) is 20.8 Å². The predicted molar refractivity (Wildman–Crippen MR) is 113 cm³/mol. The highest BCUT2D eigenvalue weighted by molar-refractivity contribution is 7.15. The molecule has 1 aromatic heterocycles. The maximum Gasteiger partial charge on any atom is 0.420 e. The van der Waals surface area contributed by atoms with Crippen LogP contribution in [0.4, 0.5) is 22.7 Å². The van der Waals surface area contributed by atoms with Crippen LogP contribution in [-0.2, 0) is 25.7 Å². The molecule has 170 valence electrons. The first-order chi connectivity index (χ1) is 14.8. The lowest BCUT2D eigenvalue weighted by atomic mass is 9.98. The van der Waals surface area contributed by atoms with E-state index in [9.17, 15) is 22.4 Å². The fourth-order valence-corrected chi connectivity index (χ4v) is 3.79. The average Bonchev–Trinajstić information content (AvgIpc) is 3.19. The van der Waals surface area contributed by atoms with Crippen LogP contribution in [0.2, 0.25) is 0 Å². The van der Waals surface area contributed by atoms with Crippen molar-refractivity contribution in [2.75, 3.05) is 11.9 Å². The smallest absolute Gasteiger partial charge is 0.420 e. The van der Waals surface area contributed by atoms with Crippen LogP contribution in [0.1, 0.15) is 32.1 Å². The van der Waals surface area contributed by atoms with Gasteiger partial charge in [0.05, 0.1) is 0 Å². The van der Waals surface area contributed by atoms with E-state index < -0.39 is 23.3 Å². The maximum absolute atomic E-state index is 13.2. The quantitative estimate of drug-likeness (QED) is 0.514. The highest BCUT2D eigenvalue weighted by atomic mass is 35.5. The molecule has 0 fully saturated rings. The van der Waals surface area contributed by atoms with Gasteiger partial charge in [0.25, 0.3) is 5.91 Å². The van der Waals surface area contributed by atoms with E-state index in [1.165, 1.54) is 0 Å². The Labute approximate surface area is 190 Å². The first-order valence-corrected chi connectivity index (χ1v) is 10.1. The van der Waals surface area contributed by atoms with Gasteiger partial charge >= 0.3 is 6.18 Å². The molecular weight excluding hydrogens is 472 g/mol. The summed E-state index contributed by atoms with van der Waals surface area (Å²) in [7, 11) is 0. The number of hydrogen-bond acceptors (Lipinski definition) is 6. The standard InChI is InChI=1S/C20H16F4N4O2S.ClH/c21-14-3-4-16(15(8-14)20(22,23)24)30-10-17-27-28-19(31-17)26-18(29)12-1-2-13-9-25-6-5-11(13)7-12;/h1-4,7-8,25H,5-6,9-10H2,(H,26,28,29);1H. The third kappa shape index (κ3) is 5.53. The number of carbonyl (C=O) groups excluding carboxylic acids is 1. The van der Waals surface area contributed by atoms with Crippen LogP contribution in [0.5, 0.6) is 5.75 Å². The van der Waals surface area contributed by atoms with E-state index >= 15 is 0 Å². The number of carbonyl (C=O) groups is 1. The van der Waals surface area contributed by atoms with Crippen molar-refractivity contribution in [2.45, 2.75) is 25.7 Å². The number of fused-ring (bicyclic) bond motifs is 1. The van der Waals surface area contributed by atoms with Gasteiger partial charge in [-0.15, -0.1) is 22.6 Å². The van der Waals surface area contributed by atoms with Crippen molar-refractivity contribution in [3.8, 4) is 5.75 Å². The van der Waals surface area contributed by atoms with Gasteiger partial charge in [0.15, 0.2) is 5.01 Å². The first kappa shape index (κ1) is 23.9. The molecule has 0 saturated heterocycles. The average molecular weight is 489 g/mol. The van der Waals surface area contributed by atoms with Gasteiger partial charge in [0.1, 0.15) is 23.7 Å². The second-order valence-electron chi connectivity index (χ2n) is 6.79. The van der Waals surface area contributed by atoms with Crippen LogP contribution in [0.15, 0.2) is 36.4 Å². The Balaban J connectivity index is 0.00000289. The van der Waals surface area contributed by atoms with Crippen LogP contribution in [0, 0.1) is 5.82 Å². The minimum Gasteiger partial charge on any atom is -0.486 e. The van der Waals surface area contributed by atoms with Gasteiger partial charge in [-0.1, -0.05) is 17.4 Å². The molecule has 2 heterocycles. The molecule has 1 amide bonds. The topological polar surface area (TPSA) is 76.1 Å². The Morgan fingerprint density at radius 3 is 2.75 bits per heavy atom. The minimum atomic E-state index is -4.76. The summed E-state index contributed by atoms with van der Waals surface area (Å²) in [6, 6.07) is 7.62. The maximum atomic E-state index is 13.2. The number of rotatable bonds is 5. The van der Waals surface area contributed by atoms with Crippen LogP contribution >= 0.6 is 23.7 Å². The minimum absolute atomic E-state index is 0. The lowest BCUT2D eigenvalue weighted by molar-refractivity contribution is -0.139. The number of aromatic nitrogens is 2. The van der Waals surface area contributed by atoms with E-state index in [4.69, 9.17) is 4.74 Å². The lowest BCUT2D eigenvalue weighted by Gasteiger charge is -2.17. The van der Waals surface area contributed by atoms with Crippen molar-refractivity contribution in [2.24, 2.45) is 0 Å². The molecule has 2 aromatic carbocycles. The predicted octanol–water partition coefficient (Wildman–Crippen LogP) is 4.59. The zero-order valence-electron chi connectivity index (χ0n) is 16.3. The van der Waals surface area contributed by atoms with Gasteiger partial charge in [-0.3, -0.25) is 10.1 Å². The normalized spacial score (nSPS) is 13.1. The van der Waals surface area contributed by atoms with Crippen molar-refractivity contribution in [1.29, 1.82) is 0 Å². The largest absolute Gasteiger partial charge is 0.486 e. The SMILES string of the molecule is Cl.O=C(Nc1nnc(COc2ccc(F)cc2C(F)(F)F)s1)c1ccc2c(c1)CCNC2. The summed E-state index contributed by atoms with van der Waals surface area (Å²) >= 11 is 0.976. The second-order valence-corrected chi connectivity index (χ2v) is 7.85. The molecule has 6 nitrogen and oxygen atoms in total. The van der Waals surface area contributed by atoms with E-state index in [0.717, 1.165) is 54.1 Å². The van der Waals surface area contributed by atoms with Gasteiger partial charge in [0, 0.05) is 12.1 Å². The zero-order valence-corrected chi connectivity index (χ0v) is 18.0. The number of halogens is 5. The summed E-state index contributed by atoms with van der Waals surface area (Å²) in [4.78, 5) is 12.5. The van der Waals surface area contributed by atoms with E-state index in [1.807, 2.05) is 12.1 Å². The van der Waals surface area contributed by atoms with E-state index in [-0.39, 0.29) is 35.1 Å². The Bertz CT molecular complexity index is 1120. The second kappa shape index (κ2) is 9.80. The Morgan fingerprint density at radius 2 is 1.97 bits per heavy atom. The fraction of sp³-hybridized carbons (Fsp3) is 0.250. The summed E-state index contributed by atoms with van der Waals surface area (Å²) < 4.78 is 57.5. The van der Waals surface area contributed by atoms with Crippen molar-refractivity contribution < 1.29 is 27.1 Å². The molecule has 0 saturated carbocycles. The molecule has 1 aliphatic rings. The van der Waals surface area contributed by atoms with Crippen molar-refractivity contribution in [1.82, 2.24) is 15.5 Å². The number of nitrogens with one attached hydrogen (secondary N) is 2. The summed E-state index contributed by atoms with van der Waals surface area (Å²) in [6.45, 7) is 1.30. The molecule has 0 atom stereocenters. The number of hydrogen-bond donors (Lipinski definition) is 2. The van der Waals surface area contributed by atoms with E-state index in [0.29, 0.717) is 11.6 Å². The van der Waals surface area contributed by atoms with Crippen molar-refractivity contribution in [3.63, 3.8) is 0 Å². The third-order valence-electron chi connectivity index (χ3n) is 4.64. The highest BCUT2D eigenvalue weighted by Gasteiger charge is 2.35. The molecular formula is C20H17ClF4N4O2S. The molecule has 1 aliphatic heterocycles. The first-order valence-electron chi connectivity index (χ1n) is 9.25. The van der Waals surface area contributed by atoms with Crippen LogP contribution in [-0.4, -0.2) is 22.6 Å². The highest BCUT2D eigenvalue weighted by Crippen LogP contribution is 2.37. The molecule has 32 heavy (non-hydrogen) atoms. The molecule has 3 aromatic rings. The number of amides is 1. The van der Waals surface area contributed by atoms with Gasteiger partial charge in [-0.2, -0.15) is 13.2 Å². The van der Waals surface area contributed by atoms with Gasteiger partial charge in [-0.05, 0) is 54.4 Å². The molecule has 0 spiro atoms. The van der Waals surface area contributed by atoms with Gasteiger partial charge < -0.3 is 10.1 Å². The molecule has 0 aliphatic carbocycles. The Kier molecular flexibility index (Phi) is 7.32. The molecule has 0 bridgehead atoms. The van der Waals surface area contributed by atoms with Crippen LogP contribution in [0.3, 0.4) is 0 Å². The fourth-order valence-electron chi connectivity index (χ4n) is 3.14. The summed E-state index contributed by atoms with van der Waals surface area (Å²) in [5, 5.41) is 14.0. The summed E-state index contributed by atoms with van der Waals surface area (Å²) in [6.07, 6.45) is -3.93. The van der Waals surface area contributed by atoms with E-state index in [1.54, 1.807) is 6.07 Å². The summed E-state index contributed by atoms with van der Waals surface area (Å²) in [5.41, 5.74) is 1.53. The number of anilines is 1. The number of ether oxygens (including phenoxy) is 1. The molecule has 2 N–H and O–H groups in total. The monoisotopic (exact) mass is 488 g/mol. The van der Waals surface area contributed by atoms with Crippen molar-refractivity contribution >= 4 is 34.8 Å². The third-order valence-corrected chi connectivity index (χ3v) is 5.45. The number of benzene rings is 2. The van der Waals surface area contributed by atoms with Gasteiger partial charge in [0.2, 0.25) is 5.13 Å². The zero-order chi connectivity index (χ0) is 22.0. The van der Waals surface area contributed by atoms with Crippen LogP contribution < -0.4 is 15.4 Å². The summed E-state index contributed by atoms with van der Waals surface area (Å²) in [5.74, 6) is -1.89. The molecule has 0 radical (unpaired) electrons. The Morgan fingerprint density at radius 1 is 1.16 bits per heavy atom. The van der Waals surface area contributed by atoms with Crippen LogP contribution in [0.25, 0.3) is 0 Å². The molecule has 12 heteroatoms. The van der Waals surface area contributed by atoms with Crippen molar-refractivity contribution in [3.05, 3.63) is 69.5 Å². The lowest BCUT2D eigenvalue weighted by Crippen LogP contribution is -2.24. The van der Waals surface area contributed by atoms with Gasteiger partial charge in [-0.25, -0.2) is 4.39 Å². The Hall–Kier alpha value is -2.76. The molecule has 0 unspecified atom stereocenters.